The first-order chi connectivity index (χ1) is 21.7. The van der Waals surface area contributed by atoms with Crippen LogP contribution < -0.4 is 14.2 Å². The van der Waals surface area contributed by atoms with Gasteiger partial charge in [-0.05, 0) is 60.0 Å². The standard InChI is InChI=1S/C34H30F3N3O5/c35-34(36,37)27-8-5-25(6-9-27)33(42)26-7-13-31(38-20-26)45-28-10-1-23(2-11-28)4-14-32(41)40-17-15-39(16-18-40)21-24-3-12-29-30(19-24)44-22-43-29/h1-3,5-13,19-20H,4,14-18,21-22H2. The normalized spacial score (nSPS) is 14.8. The Kier molecular flexibility index (Phi) is 8.70. The molecule has 0 aliphatic carbocycles. The quantitative estimate of drug-likeness (QED) is 0.209. The molecule has 2 aliphatic heterocycles. The molecule has 45 heavy (non-hydrogen) atoms. The van der Waals surface area contributed by atoms with Crippen LogP contribution in [0.1, 0.15) is 39.0 Å². The summed E-state index contributed by atoms with van der Waals surface area (Å²) in [6.07, 6.45) is -2.12. The lowest BCUT2D eigenvalue weighted by molar-refractivity contribution is -0.137. The Morgan fingerprint density at radius 1 is 0.800 bits per heavy atom. The van der Waals surface area contributed by atoms with Crippen LogP contribution in [-0.4, -0.2) is 59.4 Å². The van der Waals surface area contributed by atoms with Crippen LogP contribution in [0.25, 0.3) is 0 Å². The molecule has 0 N–H and O–H groups in total. The molecule has 6 rings (SSSR count). The van der Waals surface area contributed by atoms with E-state index in [2.05, 4.69) is 9.88 Å². The van der Waals surface area contributed by atoms with E-state index >= 15 is 0 Å². The molecule has 1 fully saturated rings. The van der Waals surface area contributed by atoms with Gasteiger partial charge >= 0.3 is 6.18 Å². The molecule has 1 saturated heterocycles. The summed E-state index contributed by atoms with van der Waals surface area (Å²) in [7, 11) is 0. The fourth-order valence-electron chi connectivity index (χ4n) is 5.26. The maximum atomic E-state index is 12.9. The molecule has 0 unspecified atom stereocenters. The Morgan fingerprint density at radius 2 is 1.49 bits per heavy atom. The summed E-state index contributed by atoms with van der Waals surface area (Å²) in [6, 6.07) is 20.5. The van der Waals surface area contributed by atoms with Gasteiger partial charge in [-0.2, -0.15) is 13.2 Å². The Labute approximate surface area is 258 Å². The van der Waals surface area contributed by atoms with Crippen molar-refractivity contribution in [3.05, 3.63) is 113 Å². The summed E-state index contributed by atoms with van der Waals surface area (Å²) < 4.78 is 55.0. The summed E-state index contributed by atoms with van der Waals surface area (Å²) >= 11 is 0. The molecule has 0 spiro atoms. The van der Waals surface area contributed by atoms with E-state index in [9.17, 15) is 22.8 Å². The van der Waals surface area contributed by atoms with Crippen molar-refractivity contribution in [2.45, 2.75) is 25.6 Å². The van der Waals surface area contributed by atoms with Gasteiger partial charge in [-0.3, -0.25) is 14.5 Å². The Bertz CT molecular complexity index is 1650. The molecule has 0 atom stereocenters. The monoisotopic (exact) mass is 617 g/mol. The smallest absolute Gasteiger partial charge is 0.416 e. The summed E-state index contributed by atoms with van der Waals surface area (Å²) in [5.74, 6) is 2.05. The highest BCUT2D eigenvalue weighted by Crippen LogP contribution is 2.33. The van der Waals surface area contributed by atoms with E-state index in [0.717, 1.165) is 66.5 Å². The van der Waals surface area contributed by atoms with E-state index in [-0.39, 0.29) is 29.7 Å². The maximum Gasteiger partial charge on any atom is 0.416 e. The highest BCUT2D eigenvalue weighted by atomic mass is 19.4. The first kappa shape index (κ1) is 30.1. The van der Waals surface area contributed by atoms with Crippen molar-refractivity contribution in [2.24, 2.45) is 0 Å². The molecule has 0 bridgehead atoms. The van der Waals surface area contributed by atoms with Gasteiger partial charge in [0.2, 0.25) is 18.6 Å². The third kappa shape index (κ3) is 7.43. The lowest BCUT2D eigenvalue weighted by Gasteiger charge is -2.34. The van der Waals surface area contributed by atoms with Crippen LogP contribution in [0.15, 0.2) is 85.1 Å². The molecule has 2 aliphatic rings. The minimum absolute atomic E-state index is 0.132. The third-order valence-corrected chi connectivity index (χ3v) is 7.81. The zero-order valence-electron chi connectivity index (χ0n) is 24.3. The number of benzene rings is 3. The first-order valence-electron chi connectivity index (χ1n) is 14.5. The van der Waals surface area contributed by atoms with Crippen molar-refractivity contribution in [1.29, 1.82) is 0 Å². The van der Waals surface area contributed by atoms with Gasteiger partial charge in [-0.1, -0.05) is 30.3 Å². The first-order valence-corrected chi connectivity index (χ1v) is 14.5. The van der Waals surface area contributed by atoms with Crippen LogP contribution in [-0.2, 0) is 23.9 Å². The van der Waals surface area contributed by atoms with Gasteiger partial charge in [0.05, 0.1) is 5.56 Å². The van der Waals surface area contributed by atoms with Gasteiger partial charge in [0.1, 0.15) is 5.75 Å². The number of fused-ring (bicyclic) bond motifs is 1. The number of hydrogen-bond acceptors (Lipinski definition) is 7. The molecule has 8 nitrogen and oxygen atoms in total. The Hall–Kier alpha value is -4.90. The fourth-order valence-corrected chi connectivity index (χ4v) is 5.26. The molecule has 0 saturated carbocycles. The van der Waals surface area contributed by atoms with Crippen molar-refractivity contribution >= 4 is 11.7 Å². The number of carbonyl (C=O) groups excluding carboxylic acids is 2. The number of alkyl halides is 3. The van der Waals surface area contributed by atoms with Crippen molar-refractivity contribution in [1.82, 2.24) is 14.8 Å². The lowest BCUT2D eigenvalue weighted by Crippen LogP contribution is -2.48. The van der Waals surface area contributed by atoms with Gasteiger partial charge in [0.25, 0.3) is 0 Å². The second kappa shape index (κ2) is 13.0. The van der Waals surface area contributed by atoms with Crippen molar-refractivity contribution in [3.8, 4) is 23.1 Å². The largest absolute Gasteiger partial charge is 0.454 e. The average molecular weight is 618 g/mol. The van der Waals surface area contributed by atoms with Gasteiger partial charge in [0, 0.05) is 62.5 Å². The molecule has 0 radical (unpaired) electrons. The average Bonchev–Trinajstić information content (AvgIpc) is 3.52. The summed E-state index contributed by atoms with van der Waals surface area (Å²) in [5, 5.41) is 0. The minimum Gasteiger partial charge on any atom is -0.454 e. The zero-order valence-corrected chi connectivity index (χ0v) is 24.3. The van der Waals surface area contributed by atoms with E-state index in [1.807, 2.05) is 35.2 Å². The minimum atomic E-state index is -4.47. The number of piperazine rings is 1. The summed E-state index contributed by atoms with van der Waals surface area (Å²) in [4.78, 5) is 33.9. The van der Waals surface area contributed by atoms with Crippen molar-refractivity contribution in [2.75, 3.05) is 33.0 Å². The zero-order chi connectivity index (χ0) is 31.4. The highest BCUT2D eigenvalue weighted by molar-refractivity contribution is 6.08. The molecular weight excluding hydrogens is 587 g/mol. The number of hydrogen-bond donors (Lipinski definition) is 0. The van der Waals surface area contributed by atoms with Gasteiger partial charge in [-0.15, -0.1) is 0 Å². The number of nitrogens with zero attached hydrogens (tertiary/aromatic N) is 3. The lowest BCUT2D eigenvalue weighted by atomic mass is 10.0. The van der Waals surface area contributed by atoms with Crippen LogP contribution in [0.3, 0.4) is 0 Å². The number of amides is 1. The van der Waals surface area contributed by atoms with Crippen LogP contribution in [0.4, 0.5) is 13.2 Å². The molecule has 11 heteroatoms. The molecule has 1 aromatic heterocycles. The van der Waals surface area contributed by atoms with Crippen molar-refractivity contribution < 1.29 is 37.0 Å². The molecule has 1 amide bonds. The Morgan fingerprint density at radius 3 is 2.18 bits per heavy atom. The highest BCUT2D eigenvalue weighted by Gasteiger charge is 2.30. The SMILES string of the molecule is O=C(c1ccc(C(F)(F)F)cc1)c1ccc(Oc2ccc(CCC(=O)N3CCN(Cc4ccc5c(c4)OCO5)CC3)cc2)nc1. The number of ketones is 1. The second-order valence-electron chi connectivity index (χ2n) is 10.9. The van der Waals surface area contributed by atoms with Crippen LogP contribution in [0.5, 0.6) is 23.1 Å². The number of halogens is 3. The maximum absolute atomic E-state index is 12.9. The topological polar surface area (TPSA) is 81.2 Å². The van der Waals surface area contributed by atoms with Gasteiger partial charge in [0.15, 0.2) is 17.3 Å². The fraction of sp³-hybridized carbons (Fsp3) is 0.265. The number of carbonyl (C=O) groups is 2. The van der Waals surface area contributed by atoms with Crippen LogP contribution in [0.2, 0.25) is 0 Å². The van der Waals surface area contributed by atoms with E-state index in [1.54, 1.807) is 12.1 Å². The molecule has 4 aromatic rings. The second-order valence-corrected chi connectivity index (χ2v) is 10.9. The number of aromatic nitrogens is 1. The van der Waals surface area contributed by atoms with E-state index in [4.69, 9.17) is 14.2 Å². The van der Waals surface area contributed by atoms with E-state index in [0.29, 0.717) is 31.7 Å². The van der Waals surface area contributed by atoms with Gasteiger partial charge in [-0.25, -0.2) is 4.98 Å². The Balaban J connectivity index is 0.940. The molecule has 232 valence electrons. The van der Waals surface area contributed by atoms with Crippen molar-refractivity contribution in [3.63, 3.8) is 0 Å². The number of pyridine rings is 1. The van der Waals surface area contributed by atoms with E-state index in [1.165, 1.54) is 18.3 Å². The predicted octanol–water partition coefficient (Wildman–Crippen LogP) is 6.13. The summed E-state index contributed by atoms with van der Waals surface area (Å²) in [5.41, 5.74) is 1.71. The number of ether oxygens (including phenoxy) is 3. The van der Waals surface area contributed by atoms with Crippen LogP contribution >= 0.6 is 0 Å². The van der Waals surface area contributed by atoms with Gasteiger partial charge < -0.3 is 19.1 Å². The van der Waals surface area contributed by atoms with Crippen LogP contribution in [0, 0.1) is 0 Å². The molecular formula is C34H30F3N3O5. The summed E-state index contributed by atoms with van der Waals surface area (Å²) in [6.45, 7) is 4.06. The number of aryl methyl sites for hydroxylation is 1. The number of rotatable bonds is 9. The predicted molar refractivity (Wildman–Crippen MR) is 158 cm³/mol. The third-order valence-electron chi connectivity index (χ3n) is 7.81. The molecule has 3 aromatic carbocycles. The van der Waals surface area contributed by atoms with E-state index < -0.39 is 17.5 Å². The molecule has 3 heterocycles.